The minimum absolute atomic E-state index is 0.0546. The summed E-state index contributed by atoms with van der Waals surface area (Å²) in [4.78, 5) is 53.7. The van der Waals surface area contributed by atoms with Crippen molar-refractivity contribution in [2.24, 2.45) is 0 Å². The molecule has 0 saturated heterocycles. The van der Waals surface area contributed by atoms with E-state index in [0.717, 1.165) is 42.7 Å². The average Bonchev–Trinajstić information content (AvgIpc) is 3.47. The van der Waals surface area contributed by atoms with E-state index in [1.54, 1.807) is 0 Å². The number of hydrogen-bond donors (Lipinski definition) is 2. The highest BCUT2D eigenvalue weighted by molar-refractivity contribution is 5.98. The maximum atomic E-state index is 14.6. The SMILES string of the molecule is CCC(C)(C)c1c(C)cc(Cc2cc(C)c(-n3c(=O)c4cc5c(=O)n(C(C)C)c(=O)c5cc4c3=O)c(C(O)(C(F)(F)F)C(F)(F)F)c2)cc1C(O)(C(F)(F)F)C(F)(F)F. The molecule has 0 aliphatic carbocycles. The Morgan fingerprint density at radius 1 is 0.559 bits per heavy atom. The van der Waals surface area contributed by atoms with Gasteiger partial charge in [-0.2, -0.15) is 52.7 Å². The maximum absolute atomic E-state index is 14.6. The molecular weight excluding hydrogens is 820 g/mol. The number of nitrogens with zero attached hydrogens (tertiary/aromatic N) is 2. The summed E-state index contributed by atoms with van der Waals surface area (Å²) in [5.74, 6) is 0. The zero-order chi connectivity index (χ0) is 45.1. The number of aryl methyl sites for hydroxylation is 2. The summed E-state index contributed by atoms with van der Waals surface area (Å²) in [6.45, 7) is 8.87. The lowest BCUT2D eigenvalue weighted by molar-refractivity contribution is -0.377. The molecule has 20 heteroatoms. The number of hydrogen-bond acceptors (Lipinski definition) is 6. The van der Waals surface area contributed by atoms with E-state index in [1.807, 2.05) is 0 Å². The summed E-state index contributed by atoms with van der Waals surface area (Å²) in [5, 5.41) is 19.1. The molecule has 0 amide bonds. The fraction of sp³-hybridized carbons (Fsp3) is 0.436. The van der Waals surface area contributed by atoms with Gasteiger partial charge in [-0.05, 0) is 92.0 Å². The molecule has 0 atom stereocenters. The third-order valence-corrected chi connectivity index (χ3v) is 10.8. The molecule has 2 aromatic heterocycles. The van der Waals surface area contributed by atoms with E-state index in [2.05, 4.69) is 0 Å². The number of aromatic nitrogens is 2. The molecular formula is C39H34F12N2O6. The Bertz CT molecular complexity index is 2620. The molecule has 3 aromatic carbocycles. The highest BCUT2D eigenvalue weighted by Gasteiger charge is 2.73. The van der Waals surface area contributed by atoms with Crippen LogP contribution >= 0.6 is 0 Å². The highest BCUT2D eigenvalue weighted by atomic mass is 19.4. The zero-order valence-corrected chi connectivity index (χ0v) is 31.9. The van der Waals surface area contributed by atoms with E-state index < -0.39 is 137 Å². The zero-order valence-electron chi connectivity index (χ0n) is 31.9. The summed E-state index contributed by atoms with van der Waals surface area (Å²) < 4.78 is 174. The second-order valence-electron chi connectivity index (χ2n) is 15.4. The van der Waals surface area contributed by atoms with E-state index in [0.29, 0.717) is 0 Å². The Morgan fingerprint density at radius 2 is 0.915 bits per heavy atom. The summed E-state index contributed by atoms with van der Waals surface area (Å²) in [7, 11) is 0. The number of alkyl halides is 12. The Hall–Kier alpha value is -4.98. The number of fused-ring (bicyclic) bond motifs is 2. The Balaban J connectivity index is 1.89. The van der Waals surface area contributed by atoms with Crippen molar-refractivity contribution < 1.29 is 62.9 Å². The molecule has 0 aliphatic heterocycles. The van der Waals surface area contributed by atoms with E-state index in [1.165, 1.54) is 34.6 Å². The van der Waals surface area contributed by atoms with Crippen LogP contribution in [0, 0.1) is 13.8 Å². The van der Waals surface area contributed by atoms with Crippen molar-refractivity contribution in [3.05, 3.63) is 117 Å². The van der Waals surface area contributed by atoms with Gasteiger partial charge in [0, 0.05) is 17.2 Å². The van der Waals surface area contributed by atoms with E-state index >= 15 is 0 Å². The van der Waals surface area contributed by atoms with Gasteiger partial charge in [0.05, 0.1) is 27.2 Å². The molecule has 0 unspecified atom stereocenters. The Morgan fingerprint density at radius 3 is 1.29 bits per heavy atom. The van der Waals surface area contributed by atoms with Crippen LogP contribution in [0.1, 0.15) is 86.0 Å². The fourth-order valence-corrected chi connectivity index (χ4v) is 7.69. The van der Waals surface area contributed by atoms with Crippen LogP contribution in [0.25, 0.3) is 27.2 Å². The van der Waals surface area contributed by atoms with Crippen LogP contribution in [0.4, 0.5) is 52.7 Å². The maximum Gasteiger partial charge on any atom is 0.430 e. The van der Waals surface area contributed by atoms with Crippen molar-refractivity contribution in [3.63, 3.8) is 0 Å². The third-order valence-electron chi connectivity index (χ3n) is 10.8. The molecule has 8 nitrogen and oxygen atoms in total. The van der Waals surface area contributed by atoms with Gasteiger partial charge in [0.1, 0.15) is 0 Å². The van der Waals surface area contributed by atoms with Crippen LogP contribution in [-0.2, 0) is 23.0 Å². The van der Waals surface area contributed by atoms with Crippen LogP contribution in [0.3, 0.4) is 0 Å². The quantitative estimate of drug-likeness (QED) is 0.153. The second-order valence-corrected chi connectivity index (χ2v) is 15.4. The molecule has 0 spiro atoms. The number of benzene rings is 3. The summed E-state index contributed by atoms with van der Waals surface area (Å²) in [6.07, 6.45) is -27.2. The first kappa shape index (κ1) is 45.1. The van der Waals surface area contributed by atoms with Crippen LogP contribution in [-0.4, -0.2) is 44.1 Å². The van der Waals surface area contributed by atoms with Gasteiger partial charge in [-0.3, -0.25) is 23.7 Å². The lowest BCUT2D eigenvalue weighted by Crippen LogP contribution is -2.55. The summed E-state index contributed by atoms with van der Waals surface area (Å²) >= 11 is 0. The molecule has 2 N–H and O–H groups in total. The van der Waals surface area contributed by atoms with Gasteiger partial charge in [0.2, 0.25) is 0 Å². The normalized spacial score (nSPS) is 14.1. The second kappa shape index (κ2) is 13.8. The predicted octanol–water partition coefficient (Wildman–Crippen LogP) is 8.00. The summed E-state index contributed by atoms with van der Waals surface area (Å²) in [5.41, 5.74) is -26.0. The van der Waals surface area contributed by atoms with E-state index in [9.17, 15) is 82.1 Å². The minimum atomic E-state index is -6.66. The topological polar surface area (TPSA) is 119 Å². The first-order chi connectivity index (χ1) is 26.6. The number of rotatable bonds is 8. The number of aliphatic hydroxyl groups is 2. The van der Waals surface area contributed by atoms with E-state index in [4.69, 9.17) is 0 Å². The first-order valence-corrected chi connectivity index (χ1v) is 17.5. The molecule has 59 heavy (non-hydrogen) atoms. The van der Waals surface area contributed by atoms with Gasteiger partial charge in [-0.15, -0.1) is 0 Å². The van der Waals surface area contributed by atoms with Gasteiger partial charge in [0.25, 0.3) is 33.4 Å². The smallest absolute Gasteiger partial charge is 0.369 e. The molecule has 0 bridgehead atoms. The lowest BCUT2D eigenvalue weighted by atomic mass is 9.72. The Labute approximate surface area is 324 Å². The largest absolute Gasteiger partial charge is 0.430 e. The van der Waals surface area contributed by atoms with Crippen molar-refractivity contribution in [1.82, 2.24) is 9.13 Å². The van der Waals surface area contributed by atoms with Crippen LogP contribution in [0.5, 0.6) is 0 Å². The predicted molar refractivity (Wildman–Crippen MR) is 191 cm³/mol. The van der Waals surface area contributed by atoms with Gasteiger partial charge in [-0.1, -0.05) is 39.0 Å². The van der Waals surface area contributed by atoms with E-state index in [-0.39, 0.29) is 28.7 Å². The molecule has 320 valence electrons. The van der Waals surface area contributed by atoms with Crippen LogP contribution < -0.4 is 22.2 Å². The minimum Gasteiger partial charge on any atom is -0.369 e. The van der Waals surface area contributed by atoms with Crippen molar-refractivity contribution in [3.8, 4) is 5.69 Å². The monoisotopic (exact) mass is 854 g/mol. The molecule has 2 heterocycles. The molecule has 0 radical (unpaired) electrons. The first-order valence-electron chi connectivity index (χ1n) is 17.5. The standard InChI is InChI=1S/C39H34F12N2O6/c1-8-33(6,7)27-17(4)9-19(12-25(27)34(58,36(40,41)42)37(43,44)45)11-20-10-18(5)28(26(13-20)35(59,38(46,47)48)39(49,50)51)53-31(56)23-14-21-22(15-24(23)32(53)57)30(55)52(16(2)3)29(21)54/h9-10,12-16,58-59H,8,11H2,1-7H3. The fourth-order valence-electron chi connectivity index (χ4n) is 7.69. The van der Waals surface area contributed by atoms with Gasteiger partial charge >= 0.3 is 24.7 Å². The highest BCUT2D eigenvalue weighted by Crippen LogP contribution is 2.54. The van der Waals surface area contributed by atoms with Crippen molar-refractivity contribution >= 4 is 21.5 Å². The molecule has 5 aromatic rings. The average molecular weight is 855 g/mol. The van der Waals surface area contributed by atoms with Gasteiger partial charge in [-0.25, -0.2) is 4.57 Å². The third kappa shape index (κ3) is 6.65. The number of halogens is 12. The summed E-state index contributed by atoms with van der Waals surface area (Å²) in [6, 6.07) is 3.02. The van der Waals surface area contributed by atoms with Gasteiger partial charge < -0.3 is 10.2 Å². The van der Waals surface area contributed by atoms with Gasteiger partial charge in [0.15, 0.2) is 0 Å². The lowest BCUT2D eigenvalue weighted by Gasteiger charge is -2.38. The molecule has 5 rings (SSSR count). The van der Waals surface area contributed by atoms with Crippen molar-refractivity contribution in [2.75, 3.05) is 0 Å². The molecule has 0 fully saturated rings. The molecule has 0 saturated carbocycles. The molecule has 0 aliphatic rings. The van der Waals surface area contributed by atoms with Crippen molar-refractivity contribution in [2.45, 2.75) is 109 Å². The van der Waals surface area contributed by atoms with Crippen LogP contribution in [0.15, 0.2) is 55.6 Å². The van der Waals surface area contributed by atoms with Crippen LogP contribution in [0.2, 0.25) is 0 Å². The Kier molecular flexibility index (Phi) is 10.5. The van der Waals surface area contributed by atoms with Crippen molar-refractivity contribution in [1.29, 1.82) is 0 Å².